The zero-order chi connectivity index (χ0) is 16.0. The molecule has 0 aliphatic carbocycles. The van der Waals surface area contributed by atoms with Gasteiger partial charge in [-0.15, -0.1) is 0 Å². The number of carboxylic acids is 1. The molecule has 0 saturated heterocycles. The number of ether oxygens (including phenoxy) is 1. The zero-order valence-corrected chi connectivity index (χ0v) is 13.2. The Bertz CT molecular complexity index is 583. The van der Waals surface area contributed by atoms with E-state index in [0.29, 0.717) is 12.4 Å². The number of sulfonamides is 1. The summed E-state index contributed by atoms with van der Waals surface area (Å²) < 4.78 is 32.0. The van der Waals surface area contributed by atoms with Crippen molar-refractivity contribution in [2.75, 3.05) is 6.61 Å². The third-order valence-electron chi connectivity index (χ3n) is 2.73. The first-order valence-electron chi connectivity index (χ1n) is 6.74. The molecule has 0 aliphatic heterocycles. The Morgan fingerprint density at radius 3 is 2.57 bits per heavy atom. The molecule has 7 heteroatoms. The van der Waals surface area contributed by atoms with Gasteiger partial charge in [0.1, 0.15) is 11.8 Å². The van der Waals surface area contributed by atoms with Crippen LogP contribution in [0.4, 0.5) is 0 Å². The average molecular weight is 315 g/mol. The fourth-order valence-electron chi connectivity index (χ4n) is 1.82. The lowest BCUT2D eigenvalue weighted by atomic mass is 10.1. The van der Waals surface area contributed by atoms with Crippen LogP contribution in [-0.4, -0.2) is 32.1 Å². The number of aliphatic carboxylic acids is 1. The van der Waals surface area contributed by atoms with E-state index in [0.717, 1.165) is 0 Å². The number of nitrogens with one attached hydrogen (secondary N) is 1. The predicted molar refractivity (Wildman–Crippen MR) is 78.8 cm³/mol. The summed E-state index contributed by atoms with van der Waals surface area (Å²) in [5.41, 5.74) is 0. The molecule has 2 N–H and O–H groups in total. The van der Waals surface area contributed by atoms with Gasteiger partial charge in [-0.3, -0.25) is 4.79 Å². The summed E-state index contributed by atoms with van der Waals surface area (Å²) in [7, 11) is -3.90. The van der Waals surface area contributed by atoms with E-state index in [9.17, 15) is 13.2 Å². The topological polar surface area (TPSA) is 92.7 Å². The molecule has 0 aromatic heterocycles. The van der Waals surface area contributed by atoms with Crippen molar-refractivity contribution in [2.24, 2.45) is 5.92 Å². The fourth-order valence-corrected chi connectivity index (χ4v) is 3.06. The van der Waals surface area contributed by atoms with Crippen LogP contribution in [0.15, 0.2) is 29.2 Å². The largest absolute Gasteiger partial charge is 0.494 e. The molecule has 0 bridgehead atoms. The second-order valence-electron chi connectivity index (χ2n) is 5.05. The number of carbonyl (C=O) groups is 1. The lowest BCUT2D eigenvalue weighted by Crippen LogP contribution is -2.41. The van der Waals surface area contributed by atoms with Gasteiger partial charge in [0, 0.05) is 6.07 Å². The maximum Gasteiger partial charge on any atom is 0.321 e. The summed E-state index contributed by atoms with van der Waals surface area (Å²) >= 11 is 0. The average Bonchev–Trinajstić information content (AvgIpc) is 2.38. The van der Waals surface area contributed by atoms with Crippen molar-refractivity contribution < 1.29 is 23.1 Å². The first-order chi connectivity index (χ1) is 9.76. The van der Waals surface area contributed by atoms with Gasteiger partial charge in [0.15, 0.2) is 0 Å². The van der Waals surface area contributed by atoms with Crippen LogP contribution in [0.25, 0.3) is 0 Å². The van der Waals surface area contributed by atoms with Crippen molar-refractivity contribution >= 4 is 16.0 Å². The second kappa shape index (κ2) is 7.42. The van der Waals surface area contributed by atoms with Gasteiger partial charge < -0.3 is 9.84 Å². The molecule has 21 heavy (non-hydrogen) atoms. The Labute approximate surface area is 125 Å². The van der Waals surface area contributed by atoms with Crippen LogP contribution in [0.2, 0.25) is 0 Å². The van der Waals surface area contributed by atoms with Crippen molar-refractivity contribution in [1.82, 2.24) is 4.72 Å². The quantitative estimate of drug-likeness (QED) is 0.764. The molecular formula is C14H21NO5S. The highest BCUT2D eigenvalue weighted by atomic mass is 32.2. The minimum absolute atomic E-state index is 0.0107. The van der Waals surface area contributed by atoms with Crippen LogP contribution in [0.3, 0.4) is 0 Å². The van der Waals surface area contributed by atoms with E-state index in [1.807, 2.05) is 13.8 Å². The molecule has 1 aromatic carbocycles. The number of hydrogen-bond acceptors (Lipinski definition) is 4. The van der Waals surface area contributed by atoms with Crippen molar-refractivity contribution in [3.63, 3.8) is 0 Å². The minimum atomic E-state index is -3.90. The molecule has 0 radical (unpaired) electrons. The Morgan fingerprint density at radius 2 is 2.05 bits per heavy atom. The molecule has 0 fully saturated rings. The Kier molecular flexibility index (Phi) is 6.17. The third kappa shape index (κ3) is 5.35. The van der Waals surface area contributed by atoms with Crippen LogP contribution in [-0.2, 0) is 14.8 Å². The lowest BCUT2D eigenvalue weighted by molar-refractivity contribution is -0.139. The van der Waals surface area contributed by atoms with Gasteiger partial charge in [-0.25, -0.2) is 8.42 Å². The molecule has 1 atom stereocenters. The Hall–Kier alpha value is -1.60. The highest BCUT2D eigenvalue weighted by molar-refractivity contribution is 7.89. The lowest BCUT2D eigenvalue weighted by Gasteiger charge is -2.17. The van der Waals surface area contributed by atoms with Gasteiger partial charge in [-0.05, 0) is 31.4 Å². The predicted octanol–water partition coefficient (Wildman–Crippen LogP) is 1.86. The molecule has 0 aliphatic rings. The Balaban J connectivity index is 2.98. The molecule has 1 rings (SSSR count). The summed E-state index contributed by atoms with van der Waals surface area (Å²) in [6.45, 7) is 5.88. The monoisotopic (exact) mass is 315 g/mol. The van der Waals surface area contributed by atoms with Crippen molar-refractivity contribution in [3.8, 4) is 5.75 Å². The van der Waals surface area contributed by atoms with Crippen LogP contribution in [0, 0.1) is 5.92 Å². The summed E-state index contributed by atoms with van der Waals surface area (Å²) in [6, 6.07) is 4.83. The van der Waals surface area contributed by atoms with E-state index in [2.05, 4.69) is 4.72 Å². The van der Waals surface area contributed by atoms with Gasteiger partial charge in [-0.2, -0.15) is 4.72 Å². The maximum absolute atomic E-state index is 12.3. The molecule has 0 amide bonds. The van der Waals surface area contributed by atoms with E-state index in [1.54, 1.807) is 19.1 Å². The number of benzene rings is 1. The third-order valence-corrected chi connectivity index (χ3v) is 4.20. The molecule has 0 heterocycles. The molecule has 118 valence electrons. The smallest absolute Gasteiger partial charge is 0.321 e. The van der Waals surface area contributed by atoms with E-state index in [-0.39, 0.29) is 17.2 Å². The highest BCUT2D eigenvalue weighted by Gasteiger charge is 2.26. The molecule has 0 saturated carbocycles. The van der Waals surface area contributed by atoms with E-state index in [1.165, 1.54) is 12.1 Å². The summed E-state index contributed by atoms with van der Waals surface area (Å²) in [6.07, 6.45) is 0.222. The van der Waals surface area contributed by atoms with Gasteiger partial charge in [-0.1, -0.05) is 19.9 Å². The van der Waals surface area contributed by atoms with E-state index >= 15 is 0 Å². The molecule has 6 nitrogen and oxygen atoms in total. The molecule has 1 aromatic rings. The molecule has 0 unspecified atom stereocenters. The van der Waals surface area contributed by atoms with E-state index in [4.69, 9.17) is 9.84 Å². The van der Waals surface area contributed by atoms with E-state index < -0.39 is 22.0 Å². The number of hydrogen-bond donors (Lipinski definition) is 2. The van der Waals surface area contributed by atoms with Crippen molar-refractivity contribution in [3.05, 3.63) is 24.3 Å². The highest BCUT2D eigenvalue weighted by Crippen LogP contribution is 2.18. The number of carboxylic acid groups (broad SMARTS) is 1. The summed E-state index contributed by atoms with van der Waals surface area (Å²) in [4.78, 5) is 11.2. The van der Waals surface area contributed by atoms with Crippen molar-refractivity contribution in [1.29, 1.82) is 0 Å². The van der Waals surface area contributed by atoms with Crippen molar-refractivity contribution in [2.45, 2.75) is 38.1 Å². The van der Waals surface area contributed by atoms with Crippen LogP contribution in [0.1, 0.15) is 27.2 Å². The minimum Gasteiger partial charge on any atom is -0.494 e. The van der Waals surface area contributed by atoms with Crippen LogP contribution >= 0.6 is 0 Å². The molecule has 0 spiro atoms. The SMILES string of the molecule is CCOc1cccc(S(=O)(=O)N[C@@H](CC(C)C)C(=O)O)c1. The van der Waals surface area contributed by atoms with Gasteiger partial charge >= 0.3 is 5.97 Å². The summed E-state index contributed by atoms with van der Waals surface area (Å²) in [5.74, 6) is -0.701. The number of rotatable bonds is 8. The van der Waals surface area contributed by atoms with Crippen LogP contribution in [0.5, 0.6) is 5.75 Å². The molecular weight excluding hydrogens is 294 g/mol. The van der Waals surface area contributed by atoms with Gasteiger partial charge in [0.25, 0.3) is 0 Å². The fraction of sp³-hybridized carbons (Fsp3) is 0.500. The standard InChI is InChI=1S/C14H21NO5S/c1-4-20-11-6-5-7-12(9-11)21(18,19)15-13(14(16)17)8-10(2)3/h5-7,9-10,13,15H,4,8H2,1-3H3,(H,16,17)/t13-/m0/s1. The first kappa shape index (κ1) is 17.5. The first-order valence-corrected chi connectivity index (χ1v) is 8.22. The second-order valence-corrected chi connectivity index (χ2v) is 6.76. The maximum atomic E-state index is 12.3. The Morgan fingerprint density at radius 1 is 1.38 bits per heavy atom. The normalized spacial score (nSPS) is 13.1. The zero-order valence-electron chi connectivity index (χ0n) is 12.4. The summed E-state index contributed by atoms with van der Waals surface area (Å²) in [5, 5.41) is 9.12. The van der Waals surface area contributed by atoms with Gasteiger partial charge in [0.05, 0.1) is 11.5 Å². The van der Waals surface area contributed by atoms with Gasteiger partial charge in [0.2, 0.25) is 10.0 Å². The van der Waals surface area contributed by atoms with Crippen LogP contribution < -0.4 is 9.46 Å².